The minimum atomic E-state index is -0.406. The van der Waals surface area contributed by atoms with Crippen molar-refractivity contribution in [2.75, 3.05) is 5.32 Å². The van der Waals surface area contributed by atoms with Crippen molar-refractivity contribution in [1.29, 1.82) is 0 Å². The van der Waals surface area contributed by atoms with E-state index in [-0.39, 0.29) is 17.5 Å². The molecule has 0 saturated carbocycles. The largest absolute Gasteiger partial charge is 0.505 e. The molecule has 0 amide bonds. The zero-order valence-corrected chi connectivity index (χ0v) is 16.7. The van der Waals surface area contributed by atoms with Gasteiger partial charge >= 0.3 is 0 Å². The number of rotatable bonds is 5. The SMILES string of the molecule is Cc1ccc2ccc(C(Nc3ccc([N+](=O)[O-])cc3C)c3cccs3)c(O)c2n1. The molecular formula is C22H19N3O3S. The van der Waals surface area contributed by atoms with Crippen LogP contribution in [0.15, 0.2) is 60.0 Å². The van der Waals surface area contributed by atoms with E-state index in [1.54, 1.807) is 23.5 Å². The number of phenols is 1. The van der Waals surface area contributed by atoms with Crippen molar-refractivity contribution < 1.29 is 10.0 Å². The van der Waals surface area contributed by atoms with Crippen molar-refractivity contribution >= 4 is 33.6 Å². The Morgan fingerprint density at radius 1 is 1.14 bits per heavy atom. The number of nitro benzene ring substituents is 1. The van der Waals surface area contributed by atoms with Crippen LogP contribution in [0.3, 0.4) is 0 Å². The van der Waals surface area contributed by atoms with E-state index in [2.05, 4.69) is 10.3 Å². The number of aryl methyl sites for hydroxylation is 2. The van der Waals surface area contributed by atoms with Crippen LogP contribution in [0.25, 0.3) is 10.9 Å². The molecular weight excluding hydrogens is 386 g/mol. The zero-order valence-electron chi connectivity index (χ0n) is 15.9. The predicted octanol–water partition coefficient (Wildman–Crippen LogP) is 5.73. The van der Waals surface area contributed by atoms with Gasteiger partial charge < -0.3 is 10.4 Å². The summed E-state index contributed by atoms with van der Waals surface area (Å²) in [6.45, 7) is 3.72. The van der Waals surface area contributed by atoms with Crippen molar-refractivity contribution in [3.05, 3.63) is 91.8 Å². The van der Waals surface area contributed by atoms with Gasteiger partial charge in [0.1, 0.15) is 11.3 Å². The van der Waals surface area contributed by atoms with Gasteiger partial charge in [-0.25, -0.2) is 4.98 Å². The van der Waals surface area contributed by atoms with Crippen LogP contribution in [0.5, 0.6) is 5.75 Å². The second-order valence-corrected chi connectivity index (χ2v) is 7.86. The Balaban J connectivity index is 1.81. The molecule has 0 radical (unpaired) electrons. The van der Waals surface area contributed by atoms with Crippen LogP contribution in [0.2, 0.25) is 0 Å². The monoisotopic (exact) mass is 405 g/mol. The fraction of sp³-hybridized carbons (Fsp3) is 0.136. The number of thiophene rings is 1. The van der Waals surface area contributed by atoms with Crippen molar-refractivity contribution in [1.82, 2.24) is 4.98 Å². The highest BCUT2D eigenvalue weighted by atomic mass is 32.1. The first-order valence-electron chi connectivity index (χ1n) is 9.08. The zero-order chi connectivity index (χ0) is 20.5. The Labute approximate surface area is 171 Å². The Morgan fingerprint density at radius 3 is 2.62 bits per heavy atom. The number of phenolic OH excluding ortho intramolecular Hbond substituents is 1. The normalized spacial score (nSPS) is 12.1. The molecule has 0 bridgehead atoms. The number of aromatic hydroxyl groups is 1. The first-order valence-corrected chi connectivity index (χ1v) is 9.96. The Bertz CT molecular complexity index is 1210. The van der Waals surface area contributed by atoms with Crippen LogP contribution in [-0.2, 0) is 0 Å². The number of non-ortho nitro benzene ring substituents is 1. The van der Waals surface area contributed by atoms with Gasteiger partial charge in [-0.05, 0) is 43.0 Å². The number of nitrogens with zero attached hydrogens (tertiary/aromatic N) is 2. The third-order valence-corrected chi connectivity index (χ3v) is 5.80. The molecule has 1 unspecified atom stereocenters. The average Bonchev–Trinajstić information content (AvgIpc) is 3.23. The number of hydrogen-bond acceptors (Lipinski definition) is 6. The van der Waals surface area contributed by atoms with E-state index in [4.69, 9.17) is 0 Å². The quantitative estimate of drug-likeness (QED) is 0.327. The number of benzene rings is 2. The maximum absolute atomic E-state index is 11.0. The number of nitrogens with one attached hydrogen (secondary N) is 1. The molecule has 1 atom stereocenters. The van der Waals surface area contributed by atoms with Gasteiger partial charge in [-0.2, -0.15) is 0 Å². The number of fused-ring (bicyclic) bond motifs is 1. The molecule has 7 heteroatoms. The van der Waals surface area contributed by atoms with Gasteiger partial charge in [0.25, 0.3) is 5.69 Å². The summed E-state index contributed by atoms with van der Waals surface area (Å²) in [6, 6.07) is 16.1. The van der Waals surface area contributed by atoms with Crippen LogP contribution >= 0.6 is 11.3 Å². The summed E-state index contributed by atoms with van der Waals surface area (Å²) >= 11 is 1.57. The lowest BCUT2D eigenvalue weighted by Crippen LogP contribution is -2.12. The number of nitro groups is 1. The Hall–Kier alpha value is -3.45. The number of anilines is 1. The van der Waals surface area contributed by atoms with Gasteiger partial charge in [0.05, 0.1) is 11.0 Å². The molecule has 2 aromatic carbocycles. The second-order valence-electron chi connectivity index (χ2n) is 6.88. The van der Waals surface area contributed by atoms with Crippen molar-refractivity contribution in [2.45, 2.75) is 19.9 Å². The van der Waals surface area contributed by atoms with Gasteiger partial charge in [0, 0.05) is 39.3 Å². The third-order valence-electron chi connectivity index (χ3n) is 4.87. The molecule has 0 aliphatic heterocycles. The minimum absolute atomic E-state index is 0.0500. The predicted molar refractivity (Wildman–Crippen MR) is 116 cm³/mol. The standard InChI is InChI=1S/C22H19N3O3S/c1-13-12-16(25(27)28)8-10-18(13)24-21(19-4-3-11-29-19)17-9-7-15-6-5-14(2)23-20(15)22(17)26/h3-12,21,24,26H,1-2H3. The fourth-order valence-electron chi connectivity index (χ4n) is 3.36. The number of aromatic nitrogens is 1. The van der Waals surface area contributed by atoms with Crippen molar-refractivity contribution in [3.63, 3.8) is 0 Å². The fourth-order valence-corrected chi connectivity index (χ4v) is 4.15. The third kappa shape index (κ3) is 3.64. The highest BCUT2D eigenvalue weighted by Crippen LogP contribution is 2.38. The molecule has 146 valence electrons. The molecule has 4 rings (SSSR count). The van der Waals surface area contributed by atoms with Gasteiger partial charge in [0.2, 0.25) is 0 Å². The summed E-state index contributed by atoms with van der Waals surface area (Å²) in [7, 11) is 0. The maximum Gasteiger partial charge on any atom is 0.269 e. The summed E-state index contributed by atoms with van der Waals surface area (Å²) in [5.41, 5.74) is 3.67. The van der Waals surface area contributed by atoms with Crippen LogP contribution in [-0.4, -0.2) is 15.0 Å². The highest BCUT2D eigenvalue weighted by Gasteiger charge is 2.22. The van der Waals surface area contributed by atoms with Gasteiger partial charge in [-0.3, -0.25) is 10.1 Å². The second kappa shape index (κ2) is 7.52. The molecule has 0 fully saturated rings. The van der Waals surface area contributed by atoms with Crippen molar-refractivity contribution in [2.24, 2.45) is 0 Å². The van der Waals surface area contributed by atoms with E-state index in [1.807, 2.05) is 55.6 Å². The average molecular weight is 405 g/mol. The van der Waals surface area contributed by atoms with E-state index >= 15 is 0 Å². The summed E-state index contributed by atoms with van der Waals surface area (Å²) in [6.07, 6.45) is 0. The van der Waals surface area contributed by atoms with E-state index in [0.29, 0.717) is 11.1 Å². The van der Waals surface area contributed by atoms with E-state index < -0.39 is 4.92 Å². The molecule has 0 aliphatic rings. The molecule has 2 N–H and O–H groups in total. The van der Waals surface area contributed by atoms with Gasteiger partial charge in [0.15, 0.2) is 0 Å². The first kappa shape index (κ1) is 18.9. The van der Waals surface area contributed by atoms with Crippen LogP contribution in [0, 0.1) is 24.0 Å². The molecule has 2 aromatic heterocycles. The molecule has 4 aromatic rings. The Morgan fingerprint density at radius 2 is 1.93 bits per heavy atom. The topological polar surface area (TPSA) is 88.3 Å². The lowest BCUT2D eigenvalue weighted by molar-refractivity contribution is -0.384. The highest BCUT2D eigenvalue weighted by molar-refractivity contribution is 7.10. The maximum atomic E-state index is 11.0. The lowest BCUT2D eigenvalue weighted by Gasteiger charge is -2.22. The van der Waals surface area contributed by atoms with E-state index in [9.17, 15) is 15.2 Å². The van der Waals surface area contributed by atoms with E-state index in [0.717, 1.165) is 27.2 Å². The summed E-state index contributed by atoms with van der Waals surface area (Å²) in [4.78, 5) is 16.2. The van der Waals surface area contributed by atoms with Crippen LogP contribution < -0.4 is 5.32 Å². The summed E-state index contributed by atoms with van der Waals surface area (Å²) in [5.74, 6) is 0.136. The molecule has 6 nitrogen and oxygen atoms in total. The summed E-state index contributed by atoms with van der Waals surface area (Å²) < 4.78 is 0. The molecule has 29 heavy (non-hydrogen) atoms. The number of hydrogen-bond donors (Lipinski definition) is 2. The first-order chi connectivity index (χ1) is 13.9. The summed E-state index contributed by atoms with van der Waals surface area (Å²) in [5, 5.41) is 28.4. The lowest BCUT2D eigenvalue weighted by atomic mass is 10.00. The molecule has 0 spiro atoms. The molecule has 0 saturated heterocycles. The smallest absolute Gasteiger partial charge is 0.269 e. The van der Waals surface area contributed by atoms with Gasteiger partial charge in [-0.1, -0.05) is 24.3 Å². The van der Waals surface area contributed by atoms with Gasteiger partial charge in [-0.15, -0.1) is 11.3 Å². The molecule has 2 heterocycles. The van der Waals surface area contributed by atoms with Crippen molar-refractivity contribution in [3.8, 4) is 5.75 Å². The van der Waals surface area contributed by atoms with Crippen LogP contribution in [0.4, 0.5) is 11.4 Å². The Kier molecular flexibility index (Phi) is 4.90. The minimum Gasteiger partial charge on any atom is -0.505 e. The molecule has 0 aliphatic carbocycles. The number of pyridine rings is 1. The van der Waals surface area contributed by atoms with Crippen LogP contribution in [0.1, 0.15) is 27.7 Å². The van der Waals surface area contributed by atoms with E-state index in [1.165, 1.54) is 6.07 Å².